The van der Waals surface area contributed by atoms with E-state index in [9.17, 15) is 14.4 Å². The number of Topliss-reactive ketones (excluding diaryl/α,β-unsaturated/α-hetero) is 1. The second-order valence-electron chi connectivity index (χ2n) is 8.65. The molecule has 0 fully saturated rings. The first kappa shape index (κ1) is 28.2. The maximum atomic E-state index is 12.8. The van der Waals surface area contributed by atoms with E-state index in [-0.39, 0.29) is 35.9 Å². The minimum atomic E-state index is -0.368. The van der Waals surface area contributed by atoms with Gasteiger partial charge in [0.05, 0.1) is 13.0 Å². The van der Waals surface area contributed by atoms with Crippen molar-refractivity contribution in [3.63, 3.8) is 0 Å². The molecule has 0 saturated heterocycles. The van der Waals surface area contributed by atoms with Gasteiger partial charge in [0.2, 0.25) is 5.91 Å². The number of benzene rings is 1. The fraction of sp³-hybridized carbons (Fsp3) is 0.654. The zero-order chi connectivity index (χ0) is 23.8. The zero-order valence-electron chi connectivity index (χ0n) is 20.0. The fourth-order valence-corrected chi connectivity index (χ4v) is 4.01. The lowest BCUT2D eigenvalue weighted by Crippen LogP contribution is -2.35. The van der Waals surface area contributed by atoms with Crippen molar-refractivity contribution in [3.8, 4) is 0 Å². The number of hydrogen-bond donors (Lipinski definition) is 1. The van der Waals surface area contributed by atoms with Crippen molar-refractivity contribution in [2.75, 3.05) is 13.7 Å². The number of carbonyl (C=O) groups is 3. The van der Waals surface area contributed by atoms with Crippen molar-refractivity contribution in [1.29, 1.82) is 0 Å². The monoisotopic (exact) mass is 465 g/mol. The summed E-state index contributed by atoms with van der Waals surface area (Å²) in [6.45, 7) is 4.17. The SMILES string of the molecule is COC(=O)CCCCCCCCCCCNC(=O)[C@@H](CC(C)=O)[C@H](C)c1ccc(Cl)cc1. The standard InChI is InChI=1S/C26H40ClNO4/c1-20(29)19-24(21(2)22-14-16-23(27)17-15-22)26(31)28-18-12-10-8-6-4-5-7-9-11-13-25(30)32-3/h14-17,21,24H,4-13,18-19H2,1-3H3,(H,28,31)/t21-,24+/m1/s1. The minimum Gasteiger partial charge on any atom is -0.469 e. The number of nitrogens with one attached hydrogen (secondary N) is 1. The van der Waals surface area contributed by atoms with Gasteiger partial charge in [-0.05, 0) is 43.4 Å². The highest BCUT2D eigenvalue weighted by atomic mass is 35.5. The molecule has 0 aromatic heterocycles. The lowest BCUT2D eigenvalue weighted by Gasteiger charge is -2.23. The topological polar surface area (TPSA) is 72.5 Å². The van der Waals surface area contributed by atoms with Gasteiger partial charge in [0.25, 0.3) is 0 Å². The number of unbranched alkanes of at least 4 members (excludes halogenated alkanes) is 8. The Hall–Kier alpha value is -1.88. The van der Waals surface area contributed by atoms with Gasteiger partial charge in [-0.3, -0.25) is 9.59 Å². The number of ketones is 1. The Morgan fingerprint density at radius 1 is 0.906 bits per heavy atom. The lowest BCUT2D eigenvalue weighted by molar-refractivity contribution is -0.140. The molecule has 0 spiro atoms. The van der Waals surface area contributed by atoms with Crippen LogP contribution in [0.1, 0.15) is 96.0 Å². The van der Waals surface area contributed by atoms with Crippen LogP contribution in [0.4, 0.5) is 0 Å². The van der Waals surface area contributed by atoms with E-state index in [4.69, 9.17) is 11.6 Å². The zero-order valence-corrected chi connectivity index (χ0v) is 20.7. The van der Waals surface area contributed by atoms with E-state index in [2.05, 4.69) is 10.1 Å². The van der Waals surface area contributed by atoms with Crippen molar-refractivity contribution in [3.05, 3.63) is 34.9 Å². The number of halogens is 1. The third-order valence-corrected chi connectivity index (χ3v) is 6.18. The Bertz CT molecular complexity index is 690. The van der Waals surface area contributed by atoms with Crippen LogP contribution >= 0.6 is 11.6 Å². The summed E-state index contributed by atoms with van der Waals surface area (Å²) < 4.78 is 4.64. The molecule has 0 bridgehead atoms. The molecule has 1 aromatic carbocycles. The Balaban J connectivity index is 2.20. The molecular formula is C26H40ClNO4. The van der Waals surface area contributed by atoms with Crippen LogP contribution in [0.25, 0.3) is 0 Å². The first-order chi connectivity index (χ1) is 15.3. The van der Waals surface area contributed by atoms with Crippen LogP contribution in [0.15, 0.2) is 24.3 Å². The second-order valence-corrected chi connectivity index (χ2v) is 9.09. The highest BCUT2D eigenvalue weighted by Gasteiger charge is 2.27. The molecule has 0 aliphatic heterocycles. The van der Waals surface area contributed by atoms with E-state index in [0.29, 0.717) is 18.0 Å². The van der Waals surface area contributed by atoms with Crippen LogP contribution < -0.4 is 5.32 Å². The van der Waals surface area contributed by atoms with Crippen molar-refractivity contribution in [2.45, 2.75) is 90.4 Å². The van der Waals surface area contributed by atoms with E-state index in [1.165, 1.54) is 33.3 Å². The number of hydrogen-bond acceptors (Lipinski definition) is 4. The Kier molecular flexibility index (Phi) is 14.7. The molecule has 1 rings (SSSR count). The van der Waals surface area contributed by atoms with Gasteiger partial charge in [-0.2, -0.15) is 0 Å². The summed E-state index contributed by atoms with van der Waals surface area (Å²) in [4.78, 5) is 35.5. The first-order valence-corrected chi connectivity index (χ1v) is 12.3. The van der Waals surface area contributed by atoms with Gasteiger partial charge in [-0.15, -0.1) is 0 Å². The summed E-state index contributed by atoms with van der Waals surface area (Å²) >= 11 is 5.97. The highest BCUT2D eigenvalue weighted by molar-refractivity contribution is 6.30. The summed E-state index contributed by atoms with van der Waals surface area (Å²) in [5.74, 6) is -0.563. The average Bonchev–Trinajstić information content (AvgIpc) is 2.77. The van der Waals surface area contributed by atoms with Crippen LogP contribution in [0.5, 0.6) is 0 Å². The number of rotatable bonds is 17. The molecule has 1 aromatic rings. The quantitative estimate of drug-likeness (QED) is 0.218. The number of carbonyl (C=O) groups excluding carboxylic acids is 3. The molecule has 0 heterocycles. The molecule has 2 atom stereocenters. The first-order valence-electron chi connectivity index (χ1n) is 11.9. The van der Waals surface area contributed by atoms with Crippen LogP contribution in [0.2, 0.25) is 5.02 Å². The smallest absolute Gasteiger partial charge is 0.305 e. The fourth-order valence-electron chi connectivity index (χ4n) is 3.88. The summed E-state index contributed by atoms with van der Waals surface area (Å²) in [6, 6.07) is 7.48. The molecule has 6 heteroatoms. The number of amides is 1. The molecule has 0 aliphatic carbocycles. The molecule has 1 amide bonds. The predicted octanol–water partition coefficient (Wildman–Crippen LogP) is 6.23. The van der Waals surface area contributed by atoms with E-state index in [0.717, 1.165) is 44.1 Å². The Morgan fingerprint density at radius 2 is 1.44 bits per heavy atom. The molecule has 180 valence electrons. The maximum Gasteiger partial charge on any atom is 0.305 e. The maximum absolute atomic E-state index is 12.8. The predicted molar refractivity (Wildman–Crippen MR) is 130 cm³/mol. The van der Waals surface area contributed by atoms with Gasteiger partial charge in [-0.25, -0.2) is 0 Å². The van der Waals surface area contributed by atoms with Crippen molar-refractivity contribution in [2.24, 2.45) is 5.92 Å². The molecule has 5 nitrogen and oxygen atoms in total. The average molecular weight is 466 g/mol. The van der Waals surface area contributed by atoms with Gasteiger partial charge < -0.3 is 14.8 Å². The lowest BCUT2D eigenvalue weighted by atomic mass is 9.83. The van der Waals surface area contributed by atoms with Gasteiger partial charge in [-0.1, -0.05) is 75.6 Å². The molecule has 0 aliphatic rings. The molecule has 0 radical (unpaired) electrons. The minimum absolute atomic E-state index is 0.0243. The van der Waals surface area contributed by atoms with E-state index in [1.807, 2.05) is 31.2 Å². The molecular weight excluding hydrogens is 426 g/mol. The van der Waals surface area contributed by atoms with Gasteiger partial charge >= 0.3 is 5.97 Å². The van der Waals surface area contributed by atoms with E-state index >= 15 is 0 Å². The Morgan fingerprint density at radius 3 is 1.97 bits per heavy atom. The summed E-state index contributed by atoms with van der Waals surface area (Å²) in [6.07, 6.45) is 10.7. The van der Waals surface area contributed by atoms with Crippen LogP contribution in [0.3, 0.4) is 0 Å². The molecule has 32 heavy (non-hydrogen) atoms. The van der Waals surface area contributed by atoms with Crippen molar-refractivity contribution >= 4 is 29.3 Å². The third-order valence-electron chi connectivity index (χ3n) is 5.93. The van der Waals surface area contributed by atoms with Crippen LogP contribution in [0, 0.1) is 5.92 Å². The van der Waals surface area contributed by atoms with Gasteiger partial charge in [0.15, 0.2) is 0 Å². The summed E-state index contributed by atoms with van der Waals surface area (Å²) in [5.41, 5.74) is 1.01. The van der Waals surface area contributed by atoms with Gasteiger partial charge in [0, 0.05) is 24.4 Å². The van der Waals surface area contributed by atoms with Crippen molar-refractivity contribution in [1.82, 2.24) is 5.32 Å². The third kappa shape index (κ3) is 12.2. The largest absolute Gasteiger partial charge is 0.469 e. The van der Waals surface area contributed by atoms with Crippen LogP contribution in [-0.4, -0.2) is 31.3 Å². The van der Waals surface area contributed by atoms with Crippen LogP contribution in [-0.2, 0) is 19.1 Å². The van der Waals surface area contributed by atoms with E-state index < -0.39 is 0 Å². The molecule has 1 N–H and O–H groups in total. The number of methoxy groups -OCH3 is 1. The molecule has 0 unspecified atom stereocenters. The second kappa shape index (κ2) is 16.7. The summed E-state index contributed by atoms with van der Waals surface area (Å²) in [7, 11) is 1.43. The van der Waals surface area contributed by atoms with Crippen molar-refractivity contribution < 1.29 is 19.1 Å². The highest BCUT2D eigenvalue weighted by Crippen LogP contribution is 2.28. The number of esters is 1. The van der Waals surface area contributed by atoms with Gasteiger partial charge in [0.1, 0.15) is 5.78 Å². The van der Waals surface area contributed by atoms with E-state index in [1.54, 1.807) is 0 Å². The normalized spacial score (nSPS) is 12.8. The summed E-state index contributed by atoms with van der Waals surface area (Å²) in [5, 5.41) is 3.69. The Labute approximate surface area is 198 Å². The number of ether oxygens (including phenoxy) is 1. The molecule has 0 saturated carbocycles.